The first-order valence-electron chi connectivity index (χ1n) is 4.76. The summed E-state index contributed by atoms with van der Waals surface area (Å²) in [6.45, 7) is 0. The number of rotatable bonds is 1. The summed E-state index contributed by atoms with van der Waals surface area (Å²) in [6.07, 6.45) is 6.39. The average molecular weight is 192 g/mol. The lowest BCUT2D eigenvalue weighted by molar-refractivity contribution is 0.438. The smallest absolute Gasteiger partial charge is 0.102 e. The van der Waals surface area contributed by atoms with Gasteiger partial charge in [-0.2, -0.15) is 9.64 Å². The molecule has 1 heterocycles. The third-order valence-electron chi connectivity index (χ3n) is 2.71. The summed E-state index contributed by atoms with van der Waals surface area (Å²) in [5, 5.41) is 10.7. The van der Waals surface area contributed by atoms with E-state index in [0.29, 0.717) is 5.92 Å². The van der Waals surface area contributed by atoms with Crippen LogP contribution in [-0.2, 0) is 0 Å². The normalized spacial score (nSPS) is 18.4. The molecule has 1 aromatic heterocycles. The van der Waals surface area contributed by atoms with Gasteiger partial charge in [-0.05, 0) is 24.4 Å². The number of nitriles is 1. The van der Waals surface area contributed by atoms with Crippen molar-refractivity contribution in [2.45, 2.75) is 38.0 Å². The molecule has 2 rings (SSSR count). The molecule has 1 saturated carbocycles. The van der Waals surface area contributed by atoms with Crippen molar-refractivity contribution in [3.8, 4) is 6.07 Å². The second-order valence-corrected chi connectivity index (χ2v) is 4.19. The molecule has 0 amide bonds. The average Bonchev–Trinajstić information content (AvgIpc) is 2.67. The molecule has 1 aromatic rings. The van der Waals surface area contributed by atoms with Crippen LogP contribution in [0.3, 0.4) is 0 Å². The van der Waals surface area contributed by atoms with Crippen LogP contribution in [0, 0.1) is 11.3 Å². The number of hydrogen-bond donors (Lipinski definition) is 0. The van der Waals surface area contributed by atoms with Crippen molar-refractivity contribution in [2.75, 3.05) is 0 Å². The first kappa shape index (κ1) is 8.71. The lowest BCUT2D eigenvalue weighted by atomic mass is 9.86. The molecule has 13 heavy (non-hydrogen) atoms. The lowest BCUT2D eigenvalue weighted by Crippen LogP contribution is -2.05. The van der Waals surface area contributed by atoms with E-state index in [2.05, 4.69) is 10.4 Å². The van der Waals surface area contributed by atoms with E-state index < -0.39 is 0 Å². The van der Waals surface area contributed by atoms with Crippen LogP contribution in [0.1, 0.15) is 49.3 Å². The molecular formula is C10H12N2S. The Morgan fingerprint density at radius 2 is 2.15 bits per heavy atom. The van der Waals surface area contributed by atoms with Gasteiger partial charge in [0.05, 0.1) is 11.3 Å². The van der Waals surface area contributed by atoms with Gasteiger partial charge in [0.15, 0.2) is 0 Å². The molecule has 0 N–H and O–H groups in total. The molecule has 0 spiro atoms. The predicted molar refractivity (Wildman–Crippen MR) is 52.7 cm³/mol. The van der Waals surface area contributed by atoms with Crippen molar-refractivity contribution in [3.63, 3.8) is 0 Å². The Kier molecular flexibility index (Phi) is 2.60. The van der Waals surface area contributed by atoms with Crippen molar-refractivity contribution >= 4 is 11.5 Å². The van der Waals surface area contributed by atoms with Crippen molar-refractivity contribution in [1.82, 2.24) is 4.37 Å². The van der Waals surface area contributed by atoms with Gasteiger partial charge < -0.3 is 0 Å². The van der Waals surface area contributed by atoms with Crippen molar-refractivity contribution in [3.05, 3.63) is 16.6 Å². The maximum atomic E-state index is 8.85. The lowest BCUT2D eigenvalue weighted by Gasteiger charge is -2.19. The molecule has 1 aliphatic carbocycles. The molecule has 68 valence electrons. The molecule has 1 fully saturated rings. The summed E-state index contributed by atoms with van der Waals surface area (Å²) in [4.78, 5) is 0. The third kappa shape index (κ3) is 1.73. The standard InChI is InChI=1S/C10H12N2S/c11-6-9-7-13-12-10(9)8-4-2-1-3-5-8/h7-8H,1-5H2. The van der Waals surface area contributed by atoms with E-state index in [1.165, 1.54) is 43.6 Å². The van der Waals surface area contributed by atoms with Crippen LogP contribution >= 0.6 is 11.5 Å². The minimum atomic E-state index is 0.564. The summed E-state index contributed by atoms with van der Waals surface area (Å²) in [5.41, 5.74) is 1.86. The molecular weight excluding hydrogens is 180 g/mol. The maximum absolute atomic E-state index is 8.85. The van der Waals surface area contributed by atoms with Crippen molar-refractivity contribution in [2.24, 2.45) is 0 Å². The van der Waals surface area contributed by atoms with Crippen LogP contribution in [0.4, 0.5) is 0 Å². The van der Waals surface area contributed by atoms with Gasteiger partial charge in [0, 0.05) is 11.3 Å². The summed E-state index contributed by atoms with van der Waals surface area (Å²) in [6, 6.07) is 2.22. The Labute approximate surface area is 82.4 Å². The summed E-state index contributed by atoms with van der Waals surface area (Å²) in [7, 11) is 0. The highest BCUT2D eigenvalue weighted by Crippen LogP contribution is 2.33. The molecule has 0 radical (unpaired) electrons. The van der Waals surface area contributed by atoms with E-state index in [0.717, 1.165) is 11.3 Å². The van der Waals surface area contributed by atoms with Gasteiger partial charge in [0.1, 0.15) is 6.07 Å². The number of nitrogens with zero attached hydrogens (tertiary/aromatic N) is 2. The number of hydrogen-bond acceptors (Lipinski definition) is 3. The SMILES string of the molecule is N#Cc1csnc1C1CCCCC1. The second-order valence-electron chi connectivity index (χ2n) is 3.56. The van der Waals surface area contributed by atoms with Gasteiger partial charge in [-0.15, -0.1) is 0 Å². The van der Waals surface area contributed by atoms with Crippen molar-refractivity contribution in [1.29, 1.82) is 5.26 Å². The third-order valence-corrected chi connectivity index (χ3v) is 3.35. The summed E-state index contributed by atoms with van der Waals surface area (Å²) in [5.74, 6) is 0.564. The van der Waals surface area contributed by atoms with E-state index in [-0.39, 0.29) is 0 Å². The second kappa shape index (κ2) is 3.89. The maximum Gasteiger partial charge on any atom is 0.102 e. The van der Waals surface area contributed by atoms with Gasteiger partial charge in [-0.1, -0.05) is 19.3 Å². The molecule has 0 saturated heterocycles. The topological polar surface area (TPSA) is 36.7 Å². The van der Waals surface area contributed by atoms with Gasteiger partial charge in [0.2, 0.25) is 0 Å². The monoisotopic (exact) mass is 192 g/mol. The quantitative estimate of drug-likeness (QED) is 0.685. The Balaban J connectivity index is 2.19. The highest BCUT2D eigenvalue weighted by molar-refractivity contribution is 7.03. The zero-order valence-corrected chi connectivity index (χ0v) is 8.31. The highest BCUT2D eigenvalue weighted by Gasteiger charge is 2.20. The molecule has 1 aliphatic rings. The van der Waals surface area contributed by atoms with E-state index in [1.54, 1.807) is 0 Å². The first-order valence-corrected chi connectivity index (χ1v) is 5.60. The van der Waals surface area contributed by atoms with Gasteiger partial charge in [0.25, 0.3) is 0 Å². The predicted octanol–water partition coefficient (Wildman–Crippen LogP) is 3.06. The van der Waals surface area contributed by atoms with E-state index in [1.807, 2.05) is 5.38 Å². The van der Waals surface area contributed by atoms with Gasteiger partial charge in [-0.25, -0.2) is 0 Å². The Morgan fingerprint density at radius 1 is 1.38 bits per heavy atom. The van der Waals surface area contributed by atoms with E-state index in [9.17, 15) is 0 Å². The Hall–Kier alpha value is -0.880. The van der Waals surface area contributed by atoms with Crippen LogP contribution in [0.2, 0.25) is 0 Å². The zero-order valence-electron chi connectivity index (χ0n) is 7.49. The fraction of sp³-hybridized carbons (Fsp3) is 0.600. The van der Waals surface area contributed by atoms with Crippen LogP contribution in [0.15, 0.2) is 5.38 Å². The Bertz CT molecular complexity index is 318. The van der Waals surface area contributed by atoms with Crippen LogP contribution in [0.5, 0.6) is 0 Å². The van der Waals surface area contributed by atoms with Crippen LogP contribution in [0.25, 0.3) is 0 Å². The van der Waals surface area contributed by atoms with E-state index in [4.69, 9.17) is 5.26 Å². The fourth-order valence-electron chi connectivity index (χ4n) is 2.00. The highest BCUT2D eigenvalue weighted by atomic mass is 32.1. The molecule has 3 heteroatoms. The Morgan fingerprint density at radius 3 is 2.85 bits per heavy atom. The molecule has 0 atom stereocenters. The molecule has 0 aliphatic heterocycles. The van der Waals surface area contributed by atoms with E-state index >= 15 is 0 Å². The number of aromatic nitrogens is 1. The molecule has 2 nitrogen and oxygen atoms in total. The minimum Gasteiger partial charge on any atom is -0.196 e. The molecule has 0 aromatic carbocycles. The van der Waals surface area contributed by atoms with Gasteiger partial charge in [-0.3, -0.25) is 0 Å². The van der Waals surface area contributed by atoms with Crippen LogP contribution in [-0.4, -0.2) is 4.37 Å². The molecule has 0 bridgehead atoms. The minimum absolute atomic E-state index is 0.564. The summed E-state index contributed by atoms with van der Waals surface area (Å²) < 4.78 is 4.33. The molecule has 0 unspecified atom stereocenters. The summed E-state index contributed by atoms with van der Waals surface area (Å²) >= 11 is 1.41. The first-order chi connectivity index (χ1) is 6.42. The fourth-order valence-corrected chi connectivity index (χ4v) is 2.69. The van der Waals surface area contributed by atoms with Gasteiger partial charge >= 0.3 is 0 Å². The van der Waals surface area contributed by atoms with Crippen molar-refractivity contribution < 1.29 is 0 Å². The largest absolute Gasteiger partial charge is 0.196 e. The van der Waals surface area contributed by atoms with Crippen LogP contribution < -0.4 is 0 Å². The zero-order chi connectivity index (χ0) is 9.10.